The molecule has 0 bridgehead atoms. The van der Waals surface area contributed by atoms with Crippen LogP contribution in [-0.2, 0) is 4.74 Å². The van der Waals surface area contributed by atoms with E-state index in [2.05, 4.69) is 25.1 Å². The lowest BCUT2D eigenvalue weighted by molar-refractivity contribution is 0.0325. The van der Waals surface area contributed by atoms with Crippen LogP contribution < -0.4 is 5.32 Å². The van der Waals surface area contributed by atoms with Crippen LogP contribution in [0, 0.1) is 18.3 Å². The lowest BCUT2D eigenvalue weighted by Gasteiger charge is -2.28. The van der Waals surface area contributed by atoms with Gasteiger partial charge >= 0.3 is 0 Å². The van der Waals surface area contributed by atoms with Gasteiger partial charge in [0.1, 0.15) is 0 Å². The first-order chi connectivity index (χ1) is 6.67. The summed E-state index contributed by atoms with van der Waals surface area (Å²) in [6.45, 7) is 4.36. The van der Waals surface area contributed by atoms with E-state index in [9.17, 15) is 0 Å². The highest BCUT2D eigenvalue weighted by atomic mass is 16.5. The van der Waals surface area contributed by atoms with Crippen LogP contribution in [0.3, 0.4) is 0 Å². The molecule has 0 rings (SSSR count). The minimum Gasteiger partial charge on any atom is -0.380 e. The van der Waals surface area contributed by atoms with E-state index >= 15 is 0 Å². The third-order valence-corrected chi connectivity index (χ3v) is 2.53. The third kappa shape index (κ3) is 4.64. The monoisotopic (exact) mass is 197 g/mol. The van der Waals surface area contributed by atoms with Crippen molar-refractivity contribution in [2.45, 2.75) is 45.3 Å². The van der Waals surface area contributed by atoms with Gasteiger partial charge in [0.2, 0.25) is 0 Å². The second-order valence-electron chi connectivity index (χ2n) is 3.94. The zero-order chi connectivity index (χ0) is 11.0. The summed E-state index contributed by atoms with van der Waals surface area (Å²) in [4.78, 5) is 0. The fraction of sp³-hybridized carbons (Fsp3) is 0.833. The summed E-state index contributed by atoms with van der Waals surface area (Å²) in [5.74, 6) is 3.20. The van der Waals surface area contributed by atoms with E-state index in [4.69, 9.17) is 11.2 Å². The normalized spacial score (nSPS) is 15.1. The highest BCUT2D eigenvalue weighted by Crippen LogP contribution is 2.14. The van der Waals surface area contributed by atoms with Gasteiger partial charge in [0.05, 0.1) is 6.10 Å². The SMILES string of the molecule is C#CCCCC(NC)C(OC)C(C)C. The molecule has 0 aliphatic heterocycles. The van der Waals surface area contributed by atoms with Crippen molar-refractivity contribution in [1.82, 2.24) is 5.32 Å². The maximum Gasteiger partial charge on any atom is 0.0746 e. The standard InChI is InChI=1S/C12H23NO/c1-6-7-8-9-11(13-4)12(14-5)10(2)3/h1,10-13H,7-9H2,2-5H3. The second kappa shape index (κ2) is 7.84. The Bertz CT molecular complexity index is 172. The Morgan fingerprint density at radius 3 is 2.43 bits per heavy atom. The summed E-state index contributed by atoms with van der Waals surface area (Å²) in [6, 6.07) is 0.411. The maximum absolute atomic E-state index is 5.48. The summed E-state index contributed by atoms with van der Waals surface area (Å²) in [7, 11) is 3.76. The van der Waals surface area contributed by atoms with Gasteiger partial charge in [0, 0.05) is 19.6 Å². The first-order valence-corrected chi connectivity index (χ1v) is 5.30. The molecule has 2 atom stereocenters. The summed E-state index contributed by atoms with van der Waals surface area (Å²) >= 11 is 0. The predicted molar refractivity (Wildman–Crippen MR) is 61.2 cm³/mol. The Balaban J connectivity index is 4.02. The third-order valence-electron chi connectivity index (χ3n) is 2.53. The van der Waals surface area contributed by atoms with E-state index in [-0.39, 0.29) is 6.10 Å². The van der Waals surface area contributed by atoms with E-state index < -0.39 is 0 Å². The molecule has 0 radical (unpaired) electrons. The number of ether oxygens (including phenoxy) is 1. The Labute approximate surface area is 88.4 Å². The molecule has 0 aliphatic carbocycles. The molecular weight excluding hydrogens is 174 g/mol. The zero-order valence-electron chi connectivity index (χ0n) is 9.84. The van der Waals surface area contributed by atoms with Crippen LogP contribution in [-0.4, -0.2) is 26.3 Å². The molecule has 0 aromatic carbocycles. The molecule has 2 heteroatoms. The number of hydrogen-bond acceptors (Lipinski definition) is 2. The molecule has 2 unspecified atom stereocenters. The van der Waals surface area contributed by atoms with Crippen molar-refractivity contribution < 1.29 is 4.74 Å². The highest BCUT2D eigenvalue weighted by molar-refractivity contribution is 4.85. The molecule has 0 amide bonds. The molecule has 0 fully saturated rings. The number of likely N-dealkylation sites (N-methyl/N-ethyl adjacent to an activating group) is 1. The minimum absolute atomic E-state index is 0.276. The van der Waals surface area contributed by atoms with E-state index in [0.717, 1.165) is 19.3 Å². The van der Waals surface area contributed by atoms with Crippen molar-refractivity contribution in [3.8, 4) is 12.3 Å². The van der Waals surface area contributed by atoms with Crippen LogP contribution in [0.15, 0.2) is 0 Å². The van der Waals surface area contributed by atoms with Crippen LogP contribution in [0.5, 0.6) is 0 Å². The Morgan fingerprint density at radius 2 is 2.07 bits per heavy atom. The average molecular weight is 197 g/mol. The lowest BCUT2D eigenvalue weighted by atomic mass is 9.95. The molecule has 0 aromatic heterocycles. The van der Waals surface area contributed by atoms with Gasteiger partial charge in [0.25, 0.3) is 0 Å². The fourth-order valence-corrected chi connectivity index (χ4v) is 1.80. The average Bonchev–Trinajstić information content (AvgIpc) is 2.16. The number of terminal acetylenes is 1. The van der Waals surface area contributed by atoms with E-state index in [1.54, 1.807) is 7.11 Å². The molecule has 0 saturated carbocycles. The van der Waals surface area contributed by atoms with E-state index in [1.165, 1.54) is 0 Å². The number of methoxy groups -OCH3 is 1. The fourth-order valence-electron chi connectivity index (χ4n) is 1.80. The summed E-state index contributed by atoms with van der Waals surface area (Å²) < 4.78 is 5.48. The van der Waals surface area contributed by atoms with Crippen LogP contribution in [0.25, 0.3) is 0 Å². The zero-order valence-corrected chi connectivity index (χ0v) is 9.84. The number of hydrogen-bond donors (Lipinski definition) is 1. The number of unbranched alkanes of at least 4 members (excludes halogenated alkanes) is 1. The maximum atomic E-state index is 5.48. The molecular formula is C12H23NO. The van der Waals surface area contributed by atoms with Crippen molar-refractivity contribution in [2.75, 3.05) is 14.2 Å². The van der Waals surface area contributed by atoms with Crippen molar-refractivity contribution in [1.29, 1.82) is 0 Å². The summed E-state index contributed by atoms with van der Waals surface area (Å²) in [5.41, 5.74) is 0. The van der Waals surface area contributed by atoms with Gasteiger partial charge in [-0.3, -0.25) is 0 Å². The van der Waals surface area contributed by atoms with Crippen LogP contribution >= 0.6 is 0 Å². The van der Waals surface area contributed by atoms with E-state index in [1.807, 2.05) is 7.05 Å². The van der Waals surface area contributed by atoms with Gasteiger partial charge in [-0.05, 0) is 25.8 Å². The van der Waals surface area contributed by atoms with Gasteiger partial charge in [-0.2, -0.15) is 0 Å². The number of rotatable bonds is 7. The Hall–Kier alpha value is -0.520. The highest BCUT2D eigenvalue weighted by Gasteiger charge is 2.21. The molecule has 1 N–H and O–H groups in total. The topological polar surface area (TPSA) is 21.3 Å². The van der Waals surface area contributed by atoms with Gasteiger partial charge < -0.3 is 10.1 Å². The Kier molecular flexibility index (Phi) is 7.55. The second-order valence-corrected chi connectivity index (χ2v) is 3.94. The molecule has 0 saturated heterocycles. The Morgan fingerprint density at radius 1 is 1.43 bits per heavy atom. The predicted octanol–water partition coefficient (Wildman–Crippen LogP) is 2.05. The van der Waals surface area contributed by atoms with Gasteiger partial charge in [-0.15, -0.1) is 12.3 Å². The van der Waals surface area contributed by atoms with Crippen molar-refractivity contribution in [3.05, 3.63) is 0 Å². The lowest BCUT2D eigenvalue weighted by Crippen LogP contribution is -2.41. The van der Waals surface area contributed by atoms with Gasteiger partial charge in [-0.25, -0.2) is 0 Å². The first kappa shape index (κ1) is 13.5. The van der Waals surface area contributed by atoms with Crippen LogP contribution in [0.1, 0.15) is 33.1 Å². The van der Waals surface area contributed by atoms with Crippen molar-refractivity contribution >= 4 is 0 Å². The first-order valence-electron chi connectivity index (χ1n) is 5.30. The summed E-state index contributed by atoms with van der Waals surface area (Å²) in [6.07, 6.45) is 8.50. The molecule has 2 nitrogen and oxygen atoms in total. The van der Waals surface area contributed by atoms with Crippen molar-refractivity contribution in [3.63, 3.8) is 0 Å². The minimum atomic E-state index is 0.276. The molecule has 0 spiro atoms. The molecule has 14 heavy (non-hydrogen) atoms. The smallest absolute Gasteiger partial charge is 0.0746 e. The molecule has 0 heterocycles. The van der Waals surface area contributed by atoms with Gasteiger partial charge in [-0.1, -0.05) is 13.8 Å². The quantitative estimate of drug-likeness (QED) is 0.498. The largest absolute Gasteiger partial charge is 0.380 e. The van der Waals surface area contributed by atoms with Gasteiger partial charge in [0.15, 0.2) is 0 Å². The van der Waals surface area contributed by atoms with E-state index in [0.29, 0.717) is 12.0 Å². The molecule has 0 aliphatic rings. The number of nitrogens with one attached hydrogen (secondary N) is 1. The van der Waals surface area contributed by atoms with Crippen molar-refractivity contribution in [2.24, 2.45) is 5.92 Å². The summed E-state index contributed by atoms with van der Waals surface area (Å²) in [5, 5.41) is 3.30. The molecule has 0 aromatic rings. The molecule has 82 valence electrons. The van der Waals surface area contributed by atoms with Crippen LogP contribution in [0.4, 0.5) is 0 Å². The van der Waals surface area contributed by atoms with Crippen LogP contribution in [0.2, 0.25) is 0 Å².